The van der Waals surface area contributed by atoms with E-state index < -0.39 is 18.0 Å². The van der Waals surface area contributed by atoms with Crippen LogP contribution in [0.3, 0.4) is 0 Å². The van der Waals surface area contributed by atoms with Crippen LogP contribution in [0.25, 0.3) is 0 Å². The molecule has 17 heavy (non-hydrogen) atoms. The standard InChI is InChI=1S/C11H13IN2O3/c1-7(10(15)14-11(16)13-2)17-9-5-3-4-8(12)6-9/h3-7H,1-2H3,(H2,13,14,15,16). The van der Waals surface area contributed by atoms with Gasteiger partial charge in [-0.05, 0) is 47.7 Å². The molecule has 3 amide bonds. The minimum atomic E-state index is -0.731. The second kappa shape index (κ2) is 6.43. The molecule has 6 heteroatoms. The van der Waals surface area contributed by atoms with Crippen molar-refractivity contribution in [2.45, 2.75) is 13.0 Å². The molecule has 1 aromatic rings. The summed E-state index contributed by atoms with van der Waals surface area (Å²) in [5.74, 6) is 0.111. The van der Waals surface area contributed by atoms with Crippen LogP contribution < -0.4 is 15.4 Å². The number of hydrogen-bond donors (Lipinski definition) is 2. The number of imide groups is 1. The third kappa shape index (κ3) is 4.59. The van der Waals surface area contributed by atoms with E-state index in [-0.39, 0.29) is 0 Å². The molecule has 0 heterocycles. The van der Waals surface area contributed by atoms with E-state index >= 15 is 0 Å². The molecule has 0 saturated heterocycles. The van der Waals surface area contributed by atoms with Crippen LogP contribution in [0.5, 0.6) is 5.75 Å². The van der Waals surface area contributed by atoms with Crippen LogP contribution in [0.4, 0.5) is 4.79 Å². The van der Waals surface area contributed by atoms with Crippen LogP contribution in [0.1, 0.15) is 6.92 Å². The summed E-state index contributed by atoms with van der Waals surface area (Å²) >= 11 is 2.15. The van der Waals surface area contributed by atoms with Gasteiger partial charge in [-0.15, -0.1) is 0 Å². The van der Waals surface area contributed by atoms with E-state index in [0.29, 0.717) is 5.75 Å². The van der Waals surface area contributed by atoms with Gasteiger partial charge in [0.1, 0.15) is 5.75 Å². The summed E-state index contributed by atoms with van der Waals surface area (Å²) in [6, 6.07) is 6.77. The predicted molar refractivity (Wildman–Crippen MR) is 71.8 cm³/mol. The number of halogens is 1. The second-order valence-corrected chi connectivity index (χ2v) is 4.53. The van der Waals surface area contributed by atoms with Crippen LogP contribution in [0.2, 0.25) is 0 Å². The second-order valence-electron chi connectivity index (χ2n) is 3.29. The predicted octanol–water partition coefficient (Wildman–Crippen LogP) is 1.51. The van der Waals surface area contributed by atoms with Gasteiger partial charge < -0.3 is 10.1 Å². The number of carbonyl (C=O) groups is 2. The van der Waals surface area contributed by atoms with Gasteiger partial charge in [-0.1, -0.05) is 6.07 Å². The summed E-state index contributed by atoms with van der Waals surface area (Å²) in [6.45, 7) is 1.58. The number of nitrogens with one attached hydrogen (secondary N) is 2. The topological polar surface area (TPSA) is 67.4 Å². The lowest BCUT2D eigenvalue weighted by Gasteiger charge is -2.14. The molecule has 1 aromatic carbocycles. The lowest BCUT2D eigenvalue weighted by molar-refractivity contribution is -0.126. The third-order valence-electron chi connectivity index (χ3n) is 1.94. The average Bonchev–Trinajstić information content (AvgIpc) is 2.28. The molecule has 1 atom stereocenters. The van der Waals surface area contributed by atoms with Crippen molar-refractivity contribution >= 4 is 34.5 Å². The van der Waals surface area contributed by atoms with Crippen molar-refractivity contribution in [3.63, 3.8) is 0 Å². The van der Waals surface area contributed by atoms with E-state index in [1.165, 1.54) is 7.05 Å². The van der Waals surface area contributed by atoms with Crippen molar-refractivity contribution in [2.75, 3.05) is 7.05 Å². The summed E-state index contributed by atoms with van der Waals surface area (Å²) in [6.07, 6.45) is -0.731. The average molecular weight is 348 g/mol. The van der Waals surface area contributed by atoms with Crippen LogP contribution in [0, 0.1) is 3.57 Å². The Bertz CT molecular complexity index is 423. The zero-order valence-electron chi connectivity index (χ0n) is 9.49. The number of urea groups is 1. The Morgan fingerprint density at radius 3 is 2.71 bits per heavy atom. The van der Waals surface area contributed by atoms with Crippen molar-refractivity contribution in [1.29, 1.82) is 0 Å². The molecular formula is C11H13IN2O3. The number of rotatable bonds is 3. The van der Waals surface area contributed by atoms with Gasteiger partial charge in [0.05, 0.1) is 0 Å². The summed E-state index contributed by atoms with van der Waals surface area (Å²) in [5, 5.41) is 4.44. The molecule has 0 spiro atoms. The lowest BCUT2D eigenvalue weighted by Crippen LogP contribution is -2.43. The Balaban J connectivity index is 2.57. The molecule has 2 N–H and O–H groups in total. The van der Waals surface area contributed by atoms with Gasteiger partial charge >= 0.3 is 6.03 Å². The SMILES string of the molecule is CNC(=O)NC(=O)C(C)Oc1cccc(I)c1. The van der Waals surface area contributed by atoms with Gasteiger partial charge in [-0.2, -0.15) is 0 Å². The maximum atomic E-state index is 11.5. The molecule has 0 aliphatic heterocycles. The van der Waals surface area contributed by atoms with Gasteiger partial charge in [0, 0.05) is 10.6 Å². The molecule has 0 saturated carbocycles. The molecule has 0 aromatic heterocycles. The fourth-order valence-electron chi connectivity index (χ4n) is 1.07. The molecule has 0 radical (unpaired) electrons. The minimum absolute atomic E-state index is 0.483. The van der Waals surface area contributed by atoms with Crippen molar-refractivity contribution in [3.8, 4) is 5.75 Å². The summed E-state index contributed by atoms with van der Waals surface area (Å²) < 4.78 is 6.42. The molecule has 0 bridgehead atoms. The highest BCUT2D eigenvalue weighted by atomic mass is 127. The smallest absolute Gasteiger partial charge is 0.321 e. The van der Waals surface area contributed by atoms with Crippen molar-refractivity contribution in [3.05, 3.63) is 27.8 Å². The zero-order chi connectivity index (χ0) is 12.8. The number of benzene rings is 1. The van der Waals surface area contributed by atoms with Gasteiger partial charge in [0.25, 0.3) is 5.91 Å². The molecule has 0 fully saturated rings. The highest BCUT2D eigenvalue weighted by Gasteiger charge is 2.16. The first-order chi connectivity index (χ1) is 8.02. The van der Waals surface area contributed by atoms with Crippen LogP contribution in [-0.2, 0) is 4.79 Å². The Morgan fingerprint density at radius 1 is 1.41 bits per heavy atom. The molecule has 92 valence electrons. The molecule has 5 nitrogen and oxygen atoms in total. The zero-order valence-corrected chi connectivity index (χ0v) is 11.6. The first-order valence-corrected chi connectivity index (χ1v) is 6.05. The van der Waals surface area contributed by atoms with E-state index in [4.69, 9.17) is 4.74 Å². The third-order valence-corrected chi connectivity index (χ3v) is 2.61. The van der Waals surface area contributed by atoms with E-state index in [1.807, 2.05) is 18.2 Å². The normalized spacial score (nSPS) is 11.5. The van der Waals surface area contributed by atoms with E-state index in [9.17, 15) is 9.59 Å². The van der Waals surface area contributed by atoms with Crippen molar-refractivity contribution in [2.24, 2.45) is 0 Å². The monoisotopic (exact) mass is 348 g/mol. The highest BCUT2D eigenvalue weighted by molar-refractivity contribution is 14.1. The minimum Gasteiger partial charge on any atom is -0.481 e. The van der Waals surface area contributed by atoms with Gasteiger partial charge in [0.15, 0.2) is 6.10 Å². The summed E-state index contributed by atoms with van der Waals surface area (Å²) in [7, 11) is 1.44. The van der Waals surface area contributed by atoms with Crippen LogP contribution >= 0.6 is 22.6 Å². The molecular weight excluding hydrogens is 335 g/mol. The first kappa shape index (κ1) is 13.8. The highest BCUT2D eigenvalue weighted by Crippen LogP contribution is 2.16. The van der Waals surface area contributed by atoms with E-state index in [2.05, 4.69) is 33.2 Å². The van der Waals surface area contributed by atoms with Gasteiger partial charge in [0.2, 0.25) is 0 Å². The van der Waals surface area contributed by atoms with Crippen molar-refractivity contribution in [1.82, 2.24) is 10.6 Å². The molecule has 1 unspecified atom stereocenters. The number of hydrogen-bond acceptors (Lipinski definition) is 3. The van der Waals surface area contributed by atoms with Crippen LogP contribution in [-0.4, -0.2) is 25.1 Å². The fourth-order valence-corrected chi connectivity index (χ4v) is 1.59. The first-order valence-electron chi connectivity index (χ1n) is 4.97. The van der Waals surface area contributed by atoms with Crippen molar-refractivity contribution < 1.29 is 14.3 Å². The van der Waals surface area contributed by atoms with E-state index in [0.717, 1.165) is 3.57 Å². The van der Waals surface area contributed by atoms with Gasteiger partial charge in [-0.25, -0.2) is 4.79 Å². The number of carbonyl (C=O) groups excluding carboxylic acids is 2. The summed E-state index contributed by atoms with van der Waals surface area (Å²) in [5.41, 5.74) is 0. The van der Waals surface area contributed by atoms with Gasteiger partial charge in [-0.3, -0.25) is 10.1 Å². The summed E-state index contributed by atoms with van der Waals surface area (Å²) in [4.78, 5) is 22.4. The van der Waals surface area contributed by atoms with Crippen LogP contribution in [0.15, 0.2) is 24.3 Å². The molecule has 1 rings (SSSR count). The quantitative estimate of drug-likeness (QED) is 0.814. The maximum absolute atomic E-state index is 11.5. The Labute approximate surface area is 113 Å². The molecule has 0 aliphatic carbocycles. The number of amides is 3. The Kier molecular flexibility index (Phi) is 5.20. The Hall–Kier alpha value is -1.31. The fraction of sp³-hybridized carbons (Fsp3) is 0.273. The maximum Gasteiger partial charge on any atom is 0.321 e. The largest absolute Gasteiger partial charge is 0.481 e. The van der Waals surface area contributed by atoms with E-state index in [1.54, 1.807) is 13.0 Å². The Morgan fingerprint density at radius 2 is 2.12 bits per heavy atom. The molecule has 0 aliphatic rings. The lowest BCUT2D eigenvalue weighted by atomic mass is 10.3. The number of ether oxygens (including phenoxy) is 1.